The zero-order valence-corrected chi connectivity index (χ0v) is 13.7. The van der Waals surface area contributed by atoms with E-state index in [-0.39, 0.29) is 53.4 Å². The van der Waals surface area contributed by atoms with Crippen molar-refractivity contribution >= 4 is 94.6 Å². The summed E-state index contributed by atoms with van der Waals surface area (Å²) in [6.45, 7) is 0. The Kier molecular flexibility index (Phi) is 95.0. The second-order valence-electron chi connectivity index (χ2n) is 0.470. The van der Waals surface area contributed by atoms with Crippen LogP contribution in [0.4, 0.5) is 0 Å². The van der Waals surface area contributed by atoms with Crippen LogP contribution in [0, 0.1) is 4.91 Å². The lowest BCUT2D eigenvalue weighted by Crippen LogP contribution is -1.41. The lowest BCUT2D eigenvalue weighted by atomic mass is 13.4. The summed E-state index contributed by atoms with van der Waals surface area (Å²) in [6, 6.07) is 0. The number of rotatable bonds is 0. The summed E-state index contributed by atoms with van der Waals surface area (Å²) in [6.07, 6.45) is 0. The van der Waals surface area contributed by atoms with Crippen LogP contribution in [0.15, 0.2) is 5.34 Å². The fraction of sp³-hybridized carbons (Fsp3) is 0. The predicted octanol–water partition coefficient (Wildman–Crippen LogP) is 1.80. The van der Waals surface area contributed by atoms with Crippen LogP contribution in [0.2, 0.25) is 0 Å². The fourth-order valence-electron chi connectivity index (χ4n) is 0. The molecule has 0 atom stereocenters. The maximum atomic E-state index is 9.09. The first kappa shape index (κ1) is 36.2. The van der Waals surface area contributed by atoms with Crippen molar-refractivity contribution < 1.29 is 22.0 Å². The minimum Gasteiger partial charge on any atom is -0.379 e. The smallest absolute Gasteiger partial charge is 0.379 e. The highest BCUT2D eigenvalue weighted by Crippen LogP contribution is 1.89. The van der Waals surface area contributed by atoms with E-state index in [1.54, 1.807) is 0 Å². The number of hydrogen-bond acceptors (Lipinski definition) is 6. The lowest BCUT2D eigenvalue weighted by Gasteiger charge is -1.50. The monoisotopic (exact) mass is 489 g/mol. The first-order valence-electron chi connectivity index (χ1n) is 1.36. The van der Waals surface area contributed by atoms with Gasteiger partial charge in [-0.2, -0.15) is 0 Å². The Morgan fingerprint density at radius 3 is 1.07 bits per heavy atom. The van der Waals surface area contributed by atoms with Crippen molar-refractivity contribution in [3.05, 3.63) is 4.91 Å². The molecule has 0 aliphatic carbocycles. The Morgan fingerprint density at radius 2 is 1.07 bits per heavy atom. The van der Waals surface area contributed by atoms with E-state index in [1.807, 2.05) is 0 Å². The third kappa shape index (κ3) is 1270. The zero-order chi connectivity index (χ0) is 9.86. The normalized spacial score (nSPS) is 5.07. The van der Waals surface area contributed by atoms with E-state index in [0.717, 1.165) is 0 Å². The topological polar surface area (TPSA) is 118 Å². The molecule has 0 bridgehead atoms. The molecule has 0 aromatic heterocycles. The Labute approximate surface area is 126 Å². The van der Waals surface area contributed by atoms with E-state index >= 15 is 0 Å². The van der Waals surface area contributed by atoms with Crippen LogP contribution < -0.4 is 0 Å². The summed E-state index contributed by atoms with van der Waals surface area (Å²) in [4.78, 5) is 8.11. The van der Waals surface area contributed by atoms with Gasteiger partial charge >= 0.3 is 10.6 Å². The van der Waals surface area contributed by atoms with Crippen molar-refractivity contribution in [2.75, 3.05) is 0 Å². The van der Waals surface area contributed by atoms with E-state index in [1.165, 1.54) is 5.34 Å². The van der Waals surface area contributed by atoms with Gasteiger partial charge < -0.3 is 5.21 Å². The van der Waals surface area contributed by atoms with Crippen LogP contribution in [0.3, 0.4) is 0 Å². The highest BCUT2D eigenvalue weighted by molar-refractivity contribution is 14.0. The van der Waals surface area contributed by atoms with Gasteiger partial charge in [-0.25, -0.2) is 4.21 Å². The SMILES string of the molecule is Br.Cl.I.O=NO.O=S(=O)=O.O=S(Cl)Cl. The first-order valence-corrected chi connectivity index (χ1v) is 5.16. The predicted molar refractivity (Wildman–Crippen MR) is 70.1 cm³/mol. The van der Waals surface area contributed by atoms with Crippen LogP contribution >= 0.6 is 74.7 Å². The van der Waals surface area contributed by atoms with Gasteiger partial charge in [-0.05, 0) is 0 Å². The van der Waals surface area contributed by atoms with Crippen molar-refractivity contribution in [3.63, 3.8) is 0 Å². The molecule has 1 N–H and O–H groups in total. The molecule has 14 heavy (non-hydrogen) atoms. The summed E-state index contributed by atoms with van der Waals surface area (Å²) in [7, 11) is 4.25. The summed E-state index contributed by atoms with van der Waals surface area (Å²) >= 11 is 0. The van der Waals surface area contributed by atoms with Gasteiger partial charge in [-0.3, -0.25) is 0 Å². The molecule has 0 amide bonds. The molecule has 0 aromatic carbocycles. The molecule has 0 aliphatic heterocycles. The molecule has 92 valence electrons. The van der Waals surface area contributed by atoms with Crippen molar-refractivity contribution in [2.24, 2.45) is 5.34 Å². The average molecular weight is 491 g/mol. The largest absolute Gasteiger partial charge is 0.425 e. The van der Waals surface area contributed by atoms with Crippen molar-refractivity contribution in [3.8, 4) is 0 Å². The second kappa shape index (κ2) is 36.8. The highest BCUT2D eigenvalue weighted by atomic mass is 127. The second-order valence-corrected chi connectivity index (χ2v) is 3.40. The molecule has 0 spiro atoms. The Morgan fingerprint density at radius 1 is 1.07 bits per heavy atom. The zero-order valence-electron chi connectivity index (χ0n) is 5.73. The average Bonchev–Trinajstić information content (AvgIpc) is 1.60. The number of halogens is 5. The molecule has 0 unspecified atom stereocenters. The number of nitrogens with zero attached hydrogens (tertiary/aromatic N) is 1. The first-order chi connectivity index (χ1) is 4.88. The molecule has 7 nitrogen and oxygen atoms in total. The van der Waals surface area contributed by atoms with Gasteiger partial charge in [0, 0.05) is 21.4 Å². The molecule has 0 heterocycles. The fourth-order valence-corrected chi connectivity index (χ4v) is 0. The number of hydrogen-bond donors (Lipinski definition) is 1. The Balaban J connectivity index is -0.0000000156. The van der Waals surface area contributed by atoms with E-state index < -0.39 is 19.8 Å². The molecule has 0 fully saturated rings. The van der Waals surface area contributed by atoms with Gasteiger partial charge in [0.2, 0.25) is 9.23 Å². The summed E-state index contributed by atoms with van der Waals surface area (Å²) < 4.78 is 34.4. The van der Waals surface area contributed by atoms with Gasteiger partial charge in [-0.15, -0.1) is 70.9 Å². The van der Waals surface area contributed by atoms with Gasteiger partial charge in [0.05, 0.1) is 0 Å². The minimum atomic E-state index is -3.11. The summed E-state index contributed by atoms with van der Waals surface area (Å²) in [5.74, 6) is 0. The molecule has 0 radical (unpaired) electrons. The Bertz CT molecular complexity index is 193. The van der Waals surface area contributed by atoms with Gasteiger partial charge in [0.25, 0.3) is 0 Å². The van der Waals surface area contributed by atoms with Gasteiger partial charge in [0.15, 0.2) is 5.34 Å². The third-order valence-electron chi connectivity index (χ3n) is 0. The van der Waals surface area contributed by atoms with Crippen LogP contribution in [-0.2, 0) is 19.8 Å². The van der Waals surface area contributed by atoms with Crippen LogP contribution in [0.1, 0.15) is 0 Å². The van der Waals surface area contributed by atoms with Gasteiger partial charge in [0.1, 0.15) is 0 Å². The molecular formula is H4BrCl3INO6S2. The van der Waals surface area contributed by atoms with Crippen LogP contribution in [-0.4, -0.2) is 22.0 Å². The quantitative estimate of drug-likeness (QED) is 0.239. The maximum Gasteiger partial charge on any atom is 0.425 e. The summed E-state index contributed by atoms with van der Waals surface area (Å²) in [5.41, 5.74) is 0. The third-order valence-corrected chi connectivity index (χ3v) is 0. The van der Waals surface area contributed by atoms with E-state index in [4.69, 9.17) is 26.9 Å². The lowest BCUT2D eigenvalue weighted by molar-refractivity contribution is 0.312. The molecule has 0 aliphatic rings. The van der Waals surface area contributed by atoms with Crippen molar-refractivity contribution in [1.29, 1.82) is 0 Å². The molecule has 14 heteroatoms. The standard InChI is InChI=1S/BrH.Cl2OS.ClH.HI.HNO2.O3S/c;1-4(2)3;;;2-1-3;1-4(2)3/h1H;;2*1H;(H,2,3);. The van der Waals surface area contributed by atoms with E-state index in [9.17, 15) is 0 Å². The van der Waals surface area contributed by atoms with E-state index in [0.29, 0.717) is 0 Å². The molecule has 0 rings (SSSR count). The summed E-state index contributed by atoms with van der Waals surface area (Å²) in [5, 5.41) is 7.89. The van der Waals surface area contributed by atoms with Crippen molar-refractivity contribution in [2.45, 2.75) is 0 Å². The highest BCUT2D eigenvalue weighted by Gasteiger charge is 1.67. The molecule has 0 aromatic rings. The molecular weight excluding hydrogens is 487 g/mol. The van der Waals surface area contributed by atoms with Crippen LogP contribution in [0.25, 0.3) is 0 Å². The minimum absolute atomic E-state index is 0. The van der Waals surface area contributed by atoms with Crippen molar-refractivity contribution in [1.82, 2.24) is 0 Å². The Hall–Kier alpha value is 1.25. The maximum absolute atomic E-state index is 9.09. The van der Waals surface area contributed by atoms with E-state index in [2.05, 4.69) is 21.4 Å². The van der Waals surface area contributed by atoms with Gasteiger partial charge in [-0.1, -0.05) is 0 Å². The molecule has 0 saturated carbocycles. The van der Waals surface area contributed by atoms with Crippen LogP contribution in [0.5, 0.6) is 0 Å². The molecule has 0 saturated heterocycles.